The van der Waals surface area contributed by atoms with Crippen LogP contribution in [-0.2, 0) is 4.74 Å². The van der Waals surface area contributed by atoms with Crippen LogP contribution in [-0.4, -0.2) is 18.8 Å². The lowest BCUT2D eigenvalue weighted by Crippen LogP contribution is -2.49. The van der Waals surface area contributed by atoms with E-state index in [4.69, 9.17) is 16.3 Å². The summed E-state index contributed by atoms with van der Waals surface area (Å²) in [5.74, 6) is 0.718. The fraction of sp³-hybridized carbons (Fsp3) is 0.765. The van der Waals surface area contributed by atoms with Crippen molar-refractivity contribution in [3.8, 4) is 0 Å². The summed E-state index contributed by atoms with van der Waals surface area (Å²) in [6.45, 7) is 8.42. The van der Waals surface area contributed by atoms with Crippen molar-refractivity contribution in [2.75, 3.05) is 13.2 Å². The van der Waals surface area contributed by atoms with Crippen LogP contribution < -0.4 is 5.32 Å². The first-order chi connectivity index (χ1) is 10.1. The Hall–Kier alpha value is -0.0900. The SMILES string of the molecule is CCCNC(c1sccc1Cl)C1(OCC)CCCC(C)C1. The first-order valence-corrected chi connectivity index (χ1v) is 9.49. The van der Waals surface area contributed by atoms with E-state index in [1.165, 1.54) is 17.7 Å². The largest absolute Gasteiger partial charge is 0.373 e. The van der Waals surface area contributed by atoms with Gasteiger partial charge in [-0.1, -0.05) is 38.3 Å². The number of rotatable bonds is 7. The molecule has 1 aliphatic rings. The summed E-state index contributed by atoms with van der Waals surface area (Å²) in [5.41, 5.74) is -0.101. The van der Waals surface area contributed by atoms with Crippen LogP contribution in [0.25, 0.3) is 0 Å². The molecule has 1 fully saturated rings. The fourth-order valence-electron chi connectivity index (χ4n) is 3.63. The van der Waals surface area contributed by atoms with Crippen LogP contribution in [0.3, 0.4) is 0 Å². The van der Waals surface area contributed by atoms with E-state index < -0.39 is 0 Å². The molecule has 0 bridgehead atoms. The predicted octanol–water partition coefficient (Wildman–Crippen LogP) is 5.43. The smallest absolute Gasteiger partial charge is 0.0887 e. The van der Waals surface area contributed by atoms with Gasteiger partial charge in [-0.2, -0.15) is 0 Å². The highest BCUT2D eigenvalue weighted by Crippen LogP contribution is 2.46. The highest BCUT2D eigenvalue weighted by molar-refractivity contribution is 7.10. The lowest BCUT2D eigenvalue weighted by molar-refractivity contribution is -0.101. The summed E-state index contributed by atoms with van der Waals surface area (Å²) in [7, 11) is 0. The second kappa shape index (κ2) is 7.96. The fourth-order valence-corrected chi connectivity index (χ4v) is 4.97. The summed E-state index contributed by atoms with van der Waals surface area (Å²) < 4.78 is 6.36. The van der Waals surface area contributed by atoms with Crippen molar-refractivity contribution in [1.29, 1.82) is 0 Å². The minimum absolute atomic E-state index is 0.101. The first kappa shape index (κ1) is 17.3. The molecule has 0 spiro atoms. The molecule has 21 heavy (non-hydrogen) atoms. The minimum atomic E-state index is -0.101. The summed E-state index contributed by atoms with van der Waals surface area (Å²) in [5, 5.41) is 6.70. The van der Waals surface area contributed by atoms with Crippen LogP contribution in [0.1, 0.15) is 63.8 Å². The van der Waals surface area contributed by atoms with Crippen LogP contribution in [0.2, 0.25) is 5.02 Å². The molecular weight excluding hydrogens is 302 g/mol. The van der Waals surface area contributed by atoms with Gasteiger partial charge in [0.2, 0.25) is 0 Å². The van der Waals surface area contributed by atoms with Crippen LogP contribution >= 0.6 is 22.9 Å². The second-order valence-electron chi connectivity index (χ2n) is 6.22. The van der Waals surface area contributed by atoms with E-state index in [0.717, 1.165) is 43.4 Å². The Morgan fingerprint density at radius 1 is 1.52 bits per heavy atom. The van der Waals surface area contributed by atoms with E-state index in [0.29, 0.717) is 0 Å². The van der Waals surface area contributed by atoms with Gasteiger partial charge in [0, 0.05) is 11.5 Å². The molecule has 1 heterocycles. The Morgan fingerprint density at radius 2 is 2.33 bits per heavy atom. The number of hydrogen-bond acceptors (Lipinski definition) is 3. The predicted molar refractivity (Wildman–Crippen MR) is 92.4 cm³/mol. The molecule has 0 aromatic carbocycles. The number of thiophene rings is 1. The van der Waals surface area contributed by atoms with E-state index in [-0.39, 0.29) is 11.6 Å². The summed E-state index contributed by atoms with van der Waals surface area (Å²) in [6.07, 6.45) is 5.93. The van der Waals surface area contributed by atoms with Gasteiger partial charge in [-0.15, -0.1) is 11.3 Å². The maximum atomic E-state index is 6.45. The third-order valence-corrected chi connectivity index (χ3v) is 5.88. The molecule has 4 heteroatoms. The van der Waals surface area contributed by atoms with Gasteiger partial charge >= 0.3 is 0 Å². The molecule has 1 N–H and O–H groups in total. The highest BCUT2D eigenvalue weighted by atomic mass is 35.5. The molecule has 1 aromatic heterocycles. The molecule has 1 saturated carbocycles. The van der Waals surface area contributed by atoms with E-state index in [1.807, 2.05) is 6.07 Å². The van der Waals surface area contributed by atoms with Gasteiger partial charge in [0.15, 0.2) is 0 Å². The number of ether oxygens (including phenoxy) is 1. The number of hydrogen-bond donors (Lipinski definition) is 1. The Morgan fingerprint density at radius 3 is 2.90 bits per heavy atom. The second-order valence-corrected chi connectivity index (χ2v) is 7.57. The maximum Gasteiger partial charge on any atom is 0.0887 e. The topological polar surface area (TPSA) is 21.3 Å². The van der Waals surface area contributed by atoms with Gasteiger partial charge in [-0.05, 0) is 50.1 Å². The Labute approximate surface area is 138 Å². The normalized spacial score (nSPS) is 27.7. The molecular formula is C17H28ClNOS. The Balaban J connectivity index is 2.32. The molecule has 0 amide bonds. The molecule has 0 aliphatic heterocycles. The van der Waals surface area contributed by atoms with Gasteiger partial charge in [0.05, 0.1) is 16.7 Å². The molecule has 120 valence electrons. The van der Waals surface area contributed by atoms with Crippen molar-refractivity contribution < 1.29 is 4.74 Å². The molecule has 2 rings (SSSR count). The van der Waals surface area contributed by atoms with Gasteiger partial charge in [0.25, 0.3) is 0 Å². The van der Waals surface area contributed by atoms with Crippen LogP contribution in [0.5, 0.6) is 0 Å². The van der Waals surface area contributed by atoms with Crippen molar-refractivity contribution in [3.05, 3.63) is 21.3 Å². The third-order valence-electron chi connectivity index (χ3n) is 4.45. The van der Waals surface area contributed by atoms with Gasteiger partial charge < -0.3 is 10.1 Å². The minimum Gasteiger partial charge on any atom is -0.373 e. The van der Waals surface area contributed by atoms with Crippen LogP contribution in [0, 0.1) is 5.92 Å². The summed E-state index contributed by atoms with van der Waals surface area (Å²) in [6, 6.07) is 2.22. The van der Waals surface area contributed by atoms with E-state index in [1.54, 1.807) is 11.3 Å². The zero-order valence-corrected chi connectivity index (χ0v) is 15.0. The lowest BCUT2D eigenvalue weighted by Gasteiger charge is -2.45. The van der Waals surface area contributed by atoms with Gasteiger partial charge in [0.1, 0.15) is 0 Å². The summed E-state index contributed by atoms with van der Waals surface area (Å²) >= 11 is 8.20. The molecule has 1 aromatic rings. The van der Waals surface area contributed by atoms with Crippen molar-refractivity contribution in [3.63, 3.8) is 0 Å². The van der Waals surface area contributed by atoms with E-state index in [9.17, 15) is 0 Å². The van der Waals surface area contributed by atoms with Crippen molar-refractivity contribution in [2.45, 2.75) is 64.5 Å². The van der Waals surface area contributed by atoms with Crippen molar-refractivity contribution in [1.82, 2.24) is 5.32 Å². The lowest BCUT2D eigenvalue weighted by atomic mass is 9.74. The van der Waals surface area contributed by atoms with Crippen LogP contribution in [0.15, 0.2) is 11.4 Å². The molecule has 2 nitrogen and oxygen atoms in total. The van der Waals surface area contributed by atoms with E-state index >= 15 is 0 Å². The van der Waals surface area contributed by atoms with Gasteiger partial charge in [-0.25, -0.2) is 0 Å². The zero-order valence-electron chi connectivity index (χ0n) is 13.5. The summed E-state index contributed by atoms with van der Waals surface area (Å²) in [4.78, 5) is 1.24. The molecule has 3 unspecified atom stereocenters. The highest BCUT2D eigenvalue weighted by Gasteiger charge is 2.44. The third kappa shape index (κ3) is 4.01. The first-order valence-electron chi connectivity index (χ1n) is 8.23. The average molecular weight is 330 g/mol. The van der Waals surface area contributed by atoms with E-state index in [2.05, 4.69) is 31.5 Å². The van der Waals surface area contributed by atoms with Crippen LogP contribution in [0.4, 0.5) is 0 Å². The van der Waals surface area contributed by atoms with Crippen molar-refractivity contribution in [2.24, 2.45) is 5.92 Å². The van der Waals surface area contributed by atoms with Gasteiger partial charge in [-0.3, -0.25) is 0 Å². The number of nitrogens with one attached hydrogen (secondary N) is 1. The van der Waals surface area contributed by atoms with Crippen molar-refractivity contribution >= 4 is 22.9 Å². The standard InChI is InChI=1S/C17H28ClNOS/c1-4-10-19-16(15-14(18)8-11-21-15)17(20-5-2)9-6-7-13(3)12-17/h8,11,13,16,19H,4-7,9-10,12H2,1-3H3. The average Bonchev–Trinajstić information content (AvgIpc) is 2.86. The molecule has 0 radical (unpaired) electrons. The Bertz CT molecular complexity index is 432. The molecule has 1 aliphatic carbocycles. The quantitative estimate of drug-likeness (QED) is 0.720. The number of halogens is 1. The Kier molecular flexibility index (Phi) is 6.54. The monoisotopic (exact) mass is 329 g/mol. The molecule has 0 saturated heterocycles. The molecule has 3 atom stereocenters. The maximum absolute atomic E-state index is 6.45. The zero-order chi connectivity index (χ0) is 15.3.